The van der Waals surface area contributed by atoms with Crippen molar-refractivity contribution in [1.29, 1.82) is 0 Å². The Hall–Kier alpha value is -3.96. The summed E-state index contributed by atoms with van der Waals surface area (Å²) in [6.45, 7) is 6.77. The molecule has 6 nitrogen and oxygen atoms in total. The highest BCUT2D eigenvalue weighted by molar-refractivity contribution is 7.98. The van der Waals surface area contributed by atoms with Crippen LogP contribution in [0.15, 0.2) is 82.7 Å². The predicted octanol–water partition coefficient (Wildman–Crippen LogP) is 7.22. The number of aromatic nitrogens is 2. The standard InChI is InChI=1S/C36H38F4N4O2S/c1-3-42(4-2)20-21-43(22-25-8-12-27(13-9-25)28-14-16-29(17-15-28)36(38,39)40)33(45)23-44-32-7-5-6-31(32)34(46)41-35(44)47-24-26-10-18-30(37)19-11-26/h8-19H,3-7,20-24H2,1-2H3/i10D,11D,18D,19D. The van der Waals surface area contributed by atoms with E-state index in [0.717, 1.165) is 48.1 Å². The summed E-state index contributed by atoms with van der Waals surface area (Å²) < 4.78 is 87.1. The molecule has 1 aromatic heterocycles. The van der Waals surface area contributed by atoms with Gasteiger partial charge in [-0.3, -0.25) is 9.59 Å². The van der Waals surface area contributed by atoms with Crippen LogP contribution in [0.4, 0.5) is 17.6 Å². The van der Waals surface area contributed by atoms with Crippen LogP contribution < -0.4 is 5.56 Å². The van der Waals surface area contributed by atoms with Crippen LogP contribution in [0.5, 0.6) is 0 Å². The lowest BCUT2D eigenvalue weighted by molar-refractivity contribution is -0.137. The van der Waals surface area contributed by atoms with Crippen molar-refractivity contribution in [3.63, 3.8) is 0 Å². The molecule has 0 radical (unpaired) electrons. The number of fused-ring (bicyclic) bond motifs is 1. The van der Waals surface area contributed by atoms with E-state index >= 15 is 0 Å². The fourth-order valence-electron chi connectivity index (χ4n) is 5.60. The van der Waals surface area contributed by atoms with Crippen molar-refractivity contribution < 1.29 is 27.8 Å². The number of nitrogens with zero attached hydrogens (tertiary/aromatic N) is 4. The normalized spacial score (nSPS) is 14.0. The minimum absolute atomic E-state index is 0.0374. The summed E-state index contributed by atoms with van der Waals surface area (Å²) in [5.41, 5.74) is 2.22. The molecule has 0 N–H and O–H groups in total. The van der Waals surface area contributed by atoms with E-state index in [1.165, 1.54) is 12.1 Å². The minimum atomic E-state index is -4.42. The quantitative estimate of drug-likeness (QED) is 0.0855. The summed E-state index contributed by atoms with van der Waals surface area (Å²) >= 11 is 0.998. The first-order valence-electron chi connectivity index (χ1n) is 17.5. The number of amides is 1. The van der Waals surface area contributed by atoms with Crippen LogP contribution in [0.1, 0.15) is 53.7 Å². The number of rotatable bonds is 13. The second-order valence-electron chi connectivity index (χ2n) is 11.3. The van der Waals surface area contributed by atoms with E-state index in [9.17, 15) is 27.2 Å². The highest BCUT2D eigenvalue weighted by Crippen LogP contribution is 2.31. The molecule has 5 rings (SSSR count). The van der Waals surface area contributed by atoms with Crippen molar-refractivity contribution in [2.75, 3.05) is 26.2 Å². The van der Waals surface area contributed by atoms with Crippen LogP contribution in [-0.4, -0.2) is 51.4 Å². The van der Waals surface area contributed by atoms with Gasteiger partial charge in [0.15, 0.2) is 5.16 Å². The maximum atomic E-state index is 14.2. The molecule has 1 amide bonds. The van der Waals surface area contributed by atoms with E-state index < -0.39 is 47.3 Å². The number of thioether (sulfide) groups is 1. The third-order valence-corrected chi connectivity index (χ3v) is 9.30. The van der Waals surface area contributed by atoms with Gasteiger partial charge in [-0.25, -0.2) is 4.39 Å². The number of carbonyl (C=O) groups is 1. The van der Waals surface area contributed by atoms with Gasteiger partial charge in [0, 0.05) is 36.6 Å². The number of hydrogen-bond donors (Lipinski definition) is 0. The van der Waals surface area contributed by atoms with Crippen LogP contribution in [0.25, 0.3) is 11.1 Å². The lowest BCUT2D eigenvalue weighted by Crippen LogP contribution is -2.40. The summed E-state index contributed by atoms with van der Waals surface area (Å²) in [7, 11) is 0. The number of hydrogen-bond acceptors (Lipinski definition) is 5. The van der Waals surface area contributed by atoms with Crippen LogP contribution in [0.2, 0.25) is 0 Å². The van der Waals surface area contributed by atoms with Crippen molar-refractivity contribution in [3.8, 4) is 11.1 Å². The molecule has 0 fully saturated rings. The molecule has 0 saturated heterocycles. The van der Waals surface area contributed by atoms with Crippen LogP contribution >= 0.6 is 11.8 Å². The predicted molar refractivity (Wildman–Crippen MR) is 177 cm³/mol. The molecule has 1 aliphatic carbocycles. The summed E-state index contributed by atoms with van der Waals surface area (Å²) in [4.78, 5) is 35.4. The van der Waals surface area contributed by atoms with Gasteiger partial charge in [0.05, 0.1) is 11.0 Å². The molecule has 248 valence electrons. The fraction of sp³-hybridized carbons (Fsp3) is 0.361. The molecule has 11 heteroatoms. The SMILES string of the molecule is [2H]c1c([2H])c(CSc2nc(=O)c3c(n2CC(=O)N(CCN(CC)CC)Cc2ccc(-c4ccc(C(F)(F)F)cc4)cc2)CCC3)c([2H])c([2H])c1F. The van der Waals surface area contributed by atoms with Gasteiger partial charge in [0.25, 0.3) is 5.56 Å². The maximum Gasteiger partial charge on any atom is 0.416 e. The maximum absolute atomic E-state index is 14.2. The monoisotopic (exact) mass is 670 g/mol. The molecule has 0 spiro atoms. The highest BCUT2D eigenvalue weighted by atomic mass is 32.2. The lowest BCUT2D eigenvalue weighted by atomic mass is 10.0. The van der Waals surface area contributed by atoms with Crippen LogP contribution in [0, 0.1) is 5.82 Å². The van der Waals surface area contributed by atoms with Gasteiger partial charge >= 0.3 is 6.18 Å². The molecule has 47 heavy (non-hydrogen) atoms. The third kappa shape index (κ3) is 8.70. The van der Waals surface area contributed by atoms with Gasteiger partial charge in [-0.1, -0.05) is 74.1 Å². The smallest absolute Gasteiger partial charge is 0.336 e. The molecular weight excluding hydrogens is 628 g/mol. The molecule has 0 bridgehead atoms. The Morgan fingerprint density at radius 2 is 1.57 bits per heavy atom. The van der Waals surface area contributed by atoms with Crippen molar-refractivity contribution in [2.45, 2.75) is 63.3 Å². The molecule has 0 atom stereocenters. The largest absolute Gasteiger partial charge is 0.416 e. The van der Waals surface area contributed by atoms with Crippen LogP contribution in [-0.2, 0) is 42.7 Å². The molecule has 0 saturated carbocycles. The van der Waals surface area contributed by atoms with E-state index in [4.69, 9.17) is 5.48 Å². The zero-order chi connectivity index (χ0) is 37.0. The molecule has 4 aromatic rings. The summed E-state index contributed by atoms with van der Waals surface area (Å²) in [6, 6.07) is 9.63. The zero-order valence-electron chi connectivity index (χ0n) is 30.2. The van der Waals surface area contributed by atoms with Crippen molar-refractivity contribution >= 4 is 17.7 Å². The Morgan fingerprint density at radius 3 is 2.19 bits per heavy atom. The first-order valence-corrected chi connectivity index (χ1v) is 16.5. The summed E-state index contributed by atoms with van der Waals surface area (Å²) in [5.74, 6) is -1.61. The third-order valence-electron chi connectivity index (χ3n) is 8.29. The average Bonchev–Trinajstić information content (AvgIpc) is 3.62. The Balaban J connectivity index is 1.42. The van der Waals surface area contributed by atoms with Crippen molar-refractivity contribution in [1.82, 2.24) is 19.4 Å². The Kier molecular flexibility index (Phi) is 9.50. The Bertz CT molecular complexity index is 1920. The van der Waals surface area contributed by atoms with Gasteiger partial charge in [-0.05, 0) is 78.8 Å². The molecule has 0 aliphatic heterocycles. The lowest BCUT2D eigenvalue weighted by Gasteiger charge is -2.28. The van der Waals surface area contributed by atoms with Crippen molar-refractivity contribution in [3.05, 3.63) is 117 Å². The molecule has 0 unspecified atom stereocenters. The fourth-order valence-corrected chi connectivity index (χ4v) is 6.49. The number of likely N-dealkylation sites (N-methyl/N-ethyl adjacent to an activating group) is 1. The molecule has 1 aliphatic rings. The van der Waals surface area contributed by atoms with Crippen LogP contribution in [0.3, 0.4) is 0 Å². The molecule has 3 aromatic carbocycles. The molecule has 1 heterocycles. The van der Waals surface area contributed by atoms with E-state index in [0.29, 0.717) is 49.2 Å². The van der Waals surface area contributed by atoms with E-state index in [1.54, 1.807) is 21.6 Å². The van der Waals surface area contributed by atoms with E-state index in [2.05, 4.69) is 9.88 Å². The number of alkyl halides is 3. The number of carbonyl (C=O) groups excluding carboxylic acids is 1. The average molecular weight is 671 g/mol. The van der Waals surface area contributed by atoms with Crippen molar-refractivity contribution in [2.24, 2.45) is 0 Å². The second-order valence-corrected chi connectivity index (χ2v) is 12.2. The minimum Gasteiger partial charge on any atom is -0.336 e. The Labute approximate surface area is 282 Å². The number of benzene rings is 3. The highest BCUT2D eigenvalue weighted by Gasteiger charge is 2.30. The summed E-state index contributed by atoms with van der Waals surface area (Å²) in [6.07, 6.45) is -2.64. The van der Waals surface area contributed by atoms with Gasteiger partial charge in [0.2, 0.25) is 5.91 Å². The first-order chi connectivity index (χ1) is 24.2. The van der Waals surface area contributed by atoms with E-state index in [1.807, 2.05) is 26.0 Å². The van der Waals surface area contributed by atoms with Gasteiger partial charge < -0.3 is 14.4 Å². The van der Waals surface area contributed by atoms with E-state index in [-0.39, 0.29) is 35.5 Å². The summed E-state index contributed by atoms with van der Waals surface area (Å²) in [5, 5.41) is 0.194. The number of halogens is 4. The second kappa shape index (κ2) is 15.3. The zero-order valence-corrected chi connectivity index (χ0v) is 27.0. The first kappa shape index (κ1) is 29.2. The van der Waals surface area contributed by atoms with Gasteiger partial charge in [-0.15, -0.1) is 0 Å². The van der Waals surface area contributed by atoms with Gasteiger partial charge in [0.1, 0.15) is 12.4 Å². The molecular formula is C36H38F4N4O2S. The Morgan fingerprint density at radius 1 is 0.936 bits per heavy atom. The topological polar surface area (TPSA) is 58.4 Å². The van der Waals surface area contributed by atoms with Gasteiger partial charge in [-0.2, -0.15) is 18.2 Å².